The van der Waals surface area contributed by atoms with E-state index in [1.54, 1.807) is 23.5 Å². The highest BCUT2D eigenvalue weighted by molar-refractivity contribution is 7.18. The quantitative estimate of drug-likeness (QED) is 0.516. The molecule has 1 aliphatic rings. The minimum atomic E-state index is -0.413. The van der Waals surface area contributed by atoms with Crippen molar-refractivity contribution in [3.63, 3.8) is 0 Å². The largest absolute Gasteiger partial charge is 0.357 e. The number of thiazole rings is 1. The average Bonchev–Trinajstić information content (AvgIpc) is 3.27. The number of hydrogen-bond donors (Lipinski definition) is 0. The number of hydrogen-bond acceptors (Lipinski definition) is 6. The molecule has 1 aromatic heterocycles. The molecule has 0 radical (unpaired) electrons. The molecule has 0 spiro atoms. The zero-order chi connectivity index (χ0) is 17.4. The molecule has 4 rings (SSSR count). The molecule has 124 valence electrons. The summed E-state index contributed by atoms with van der Waals surface area (Å²) in [6, 6.07) is 14.6. The fourth-order valence-corrected chi connectivity index (χ4v) is 4.44. The van der Waals surface area contributed by atoms with Crippen LogP contribution in [0.2, 0.25) is 0 Å². The second kappa shape index (κ2) is 6.15. The number of benzene rings is 2. The lowest BCUT2D eigenvalue weighted by molar-refractivity contribution is -0.384. The number of anilines is 1. The molecular weight excluding hydrogens is 336 g/mol. The number of aromatic nitrogens is 1. The van der Waals surface area contributed by atoms with Crippen LogP contribution in [0, 0.1) is 21.4 Å². The Balaban J connectivity index is 1.77. The van der Waals surface area contributed by atoms with Crippen molar-refractivity contribution < 1.29 is 4.92 Å². The number of fused-ring (bicyclic) bond motifs is 1. The van der Waals surface area contributed by atoms with E-state index in [0.717, 1.165) is 34.6 Å². The summed E-state index contributed by atoms with van der Waals surface area (Å²) >= 11 is 1.64. The van der Waals surface area contributed by atoms with E-state index in [1.165, 1.54) is 6.07 Å². The third-order valence-electron chi connectivity index (χ3n) is 4.46. The van der Waals surface area contributed by atoms with Gasteiger partial charge in [-0.15, -0.1) is 11.3 Å². The van der Waals surface area contributed by atoms with Gasteiger partial charge in [0.25, 0.3) is 5.69 Å². The van der Waals surface area contributed by atoms with E-state index in [-0.39, 0.29) is 11.7 Å². The summed E-state index contributed by atoms with van der Waals surface area (Å²) in [4.78, 5) is 17.9. The molecule has 0 unspecified atom stereocenters. The highest BCUT2D eigenvalue weighted by Crippen LogP contribution is 2.42. The molecular formula is C18H14N4O2S. The predicted molar refractivity (Wildman–Crippen MR) is 96.8 cm³/mol. The first-order valence-electron chi connectivity index (χ1n) is 7.98. The lowest BCUT2D eigenvalue weighted by atomic mass is 10.1. The minimum absolute atomic E-state index is 0.0212. The van der Waals surface area contributed by atoms with Gasteiger partial charge in [0.2, 0.25) is 0 Å². The maximum absolute atomic E-state index is 11.5. The first kappa shape index (κ1) is 15.5. The summed E-state index contributed by atoms with van der Waals surface area (Å²) < 4.78 is 1.12. The molecule has 0 N–H and O–H groups in total. The molecule has 1 atom stereocenters. The smallest absolute Gasteiger partial charge is 0.293 e. The molecule has 2 aromatic carbocycles. The van der Waals surface area contributed by atoms with Gasteiger partial charge in [0, 0.05) is 12.6 Å². The lowest BCUT2D eigenvalue weighted by Gasteiger charge is -2.25. The van der Waals surface area contributed by atoms with Crippen LogP contribution < -0.4 is 4.90 Å². The Kier molecular flexibility index (Phi) is 3.82. The third kappa shape index (κ3) is 2.71. The first-order valence-corrected chi connectivity index (χ1v) is 8.79. The van der Waals surface area contributed by atoms with E-state index in [2.05, 4.69) is 4.90 Å². The molecule has 1 fully saturated rings. The van der Waals surface area contributed by atoms with Gasteiger partial charge in [-0.3, -0.25) is 10.1 Å². The van der Waals surface area contributed by atoms with E-state index >= 15 is 0 Å². The van der Waals surface area contributed by atoms with Crippen molar-refractivity contribution in [1.29, 1.82) is 5.26 Å². The summed E-state index contributed by atoms with van der Waals surface area (Å²) in [6.07, 6.45) is 1.87. The Labute approximate surface area is 148 Å². The second-order valence-electron chi connectivity index (χ2n) is 5.94. The van der Waals surface area contributed by atoms with Crippen molar-refractivity contribution >= 4 is 32.9 Å². The molecule has 1 saturated heterocycles. The topological polar surface area (TPSA) is 83.1 Å². The maximum atomic E-state index is 11.5. The SMILES string of the molecule is N#Cc1ccc(N2CCC[C@H]2c2nc3ccccc3s2)c([N+](=O)[O-])c1. The van der Waals surface area contributed by atoms with Crippen LogP contribution >= 0.6 is 11.3 Å². The zero-order valence-corrected chi connectivity index (χ0v) is 14.1. The Bertz CT molecular complexity index is 975. The highest BCUT2D eigenvalue weighted by Gasteiger charge is 2.32. The van der Waals surface area contributed by atoms with Crippen LogP contribution in [0.15, 0.2) is 42.5 Å². The van der Waals surface area contributed by atoms with Crippen molar-refractivity contribution in [1.82, 2.24) is 4.98 Å². The highest BCUT2D eigenvalue weighted by atomic mass is 32.1. The van der Waals surface area contributed by atoms with Crippen molar-refractivity contribution in [2.75, 3.05) is 11.4 Å². The third-order valence-corrected chi connectivity index (χ3v) is 5.60. The number of nitriles is 1. The summed E-state index contributed by atoms with van der Waals surface area (Å²) in [5, 5.41) is 21.5. The van der Waals surface area contributed by atoms with Crippen molar-refractivity contribution in [3.8, 4) is 6.07 Å². The molecule has 2 heterocycles. The van der Waals surface area contributed by atoms with Gasteiger partial charge >= 0.3 is 0 Å². The van der Waals surface area contributed by atoms with E-state index in [4.69, 9.17) is 10.2 Å². The van der Waals surface area contributed by atoms with Gasteiger partial charge in [-0.1, -0.05) is 12.1 Å². The van der Waals surface area contributed by atoms with E-state index in [9.17, 15) is 10.1 Å². The number of para-hydroxylation sites is 1. The van der Waals surface area contributed by atoms with Gasteiger partial charge in [-0.05, 0) is 37.1 Å². The van der Waals surface area contributed by atoms with Crippen LogP contribution in [-0.2, 0) is 0 Å². The monoisotopic (exact) mass is 350 g/mol. The Morgan fingerprint density at radius 3 is 2.92 bits per heavy atom. The summed E-state index contributed by atoms with van der Waals surface area (Å²) in [7, 11) is 0. The van der Waals surface area contributed by atoms with Crippen molar-refractivity contribution in [2.45, 2.75) is 18.9 Å². The first-order chi connectivity index (χ1) is 12.2. The summed E-state index contributed by atoms with van der Waals surface area (Å²) in [5.41, 5.74) is 1.80. The van der Waals surface area contributed by atoms with Gasteiger partial charge in [-0.25, -0.2) is 4.98 Å². The number of nitro benzene ring substituents is 1. The molecule has 0 bridgehead atoms. The maximum Gasteiger partial charge on any atom is 0.293 e. The predicted octanol–water partition coefficient (Wildman–Crippen LogP) is 4.42. The van der Waals surface area contributed by atoms with E-state index in [0.29, 0.717) is 11.3 Å². The van der Waals surface area contributed by atoms with Gasteiger partial charge in [0.05, 0.1) is 32.8 Å². The molecule has 3 aromatic rings. The number of nitrogens with zero attached hydrogens (tertiary/aromatic N) is 4. The van der Waals surface area contributed by atoms with E-state index in [1.807, 2.05) is 30.3 Å². The van der Waals surface area contributed by atoms with Gasteiger partial charge in [0.1, 0.15) is 10.7 Å². The molecule has 0 saturated carbocycles. The summed E-state index contributed by atoms with van der Waals surface area (Å²) in [5.74, 6) is 0. The molecule has 1 aliphatic heterocycles. The fraction of sp³-hybridized carbons (Fsp3) is 0.222. The molecule has 7 heteroatoms. The Morgan fingerprint density at radius 1 is 1.32 bits per heavy atom. The molecule has 25 heavy (non-hydrogen) atoms. The minimum Gasteiger partial charge on any atom is -0.357 e. The normalized spacial score (nSPS) is 16.9. The second-order valence-corrected chi connectivity index (χ2v) is 7.01. The zero-order valence-electron chi connectivity index (χ0n) is 13.3. The van der Waals surface area contributed by atoms with Crippen molar-refractivity contribution in [2.24, 2.45) is 0 Å². The van der Waals surface area contributed by atoms with Crippen LogP contribution in [0.4, 0.5) is 11.4 Å². The lowest BCUT2D eigenvalue weighted by Crippen LogP contribution is -2.23. The molecule has 0 amide bonds. The van der Waals surface area contributed by atoms with Gasteiger partial charge in [-0.2, -0.15) is 5.26 Å². The van der Waals surface area contributed by atoms with Gasteiger partial charge < -0.3 is 4.90 Å². The van der Waals surface area contributed by atoms with Crippen LogP contribution in [0.1, 0.15) is 29.5 Å². The van der Waals surface area contributed by atoms with Crippen LogP contribution in [0.3, 0.4) is 0 Å². The number of rotatable bonds is 3. The van der Waals surface area contributed by atoms with E-state index < -0.39 is 4.92 Å². The summed E-state index contributed by atoms with van der Waals surface area (Å²) in [6.45, 7) is 0.743. The number of nitro groups is 1. The van der Waals surface area contributed by atoms with Crippen LogP contribution in [-0.4, -0.2) is 16.5 Å². The molecule has 6 nitrogen and oxygen atoms in total. The Hall–Kier alpha value is -2.98. The van der Waals surface area contributed by atoms with Gasteiger partial charge in [0.15, 0.2) is 0 Å². The van der Waals surface area contributed by atoms with Crippen LogP contribution in [0.5, 0.6) is 0 Å². The molecule has 0 aliphatic carbocycles. The Morgan fingerprint density at radius 2 is 2.16 bits per heavy atom. The average molecular weight is 350 g/mol. The van der Waals surface area contributed by atoms with Crippen molar-refractivity contribution in [3.05, 3.63) is 63.1 Å². The van der Waals surface area contributed by atoms with Crippen LogP contribution in [0.25, 0.3) is 10.2 Å². The standard InChI is InChI=1S/C18H14N4O2S/c19-11-12-7-8-14(16(10-12)22(23)24)21-9-3-5-15(21)18-20-13-4-1-2-6-17(13)25-18/h1-2,4,6-8,10,15H,3,5,9H2/t15-/m0/s1. The fourth-order valence-electron chi connectivity index (χ4n) is 3.33.